The van der Waals surface area contributed by atoms with Crippen LogP contribution in [-0.2, 0) is 11.5 Å². The highest BCUT2D eigenvalue weighted by Gasteiger charge is 2.18. The Morgan fingerprint density at radius 1 is 0.863 bits per heavy atom. The molecule has 0 bridgehead atoms. The van der Waals surface area contributed by atoms with Crippen molar-refractivity contribution in [3.05, 3.63) is 150 Å². The van der Waals surface area contributed by atoms with Crippen LogP contribution >= 0.6 is 11.3 Å². The summed E-state index contributed by atoms with van der Waals surface area (Å²) in [5.74, 6) is 1.62. The number of ether oxygens (including phenoxy) is 3. The maximum Gasteiger partial charge on any atom is 0.252 e. The molecule has 51 heavy (non-hydrogen) atoms. The van der Waals surface area contributed by atoms with Gasteiger partial charge in [-0.15, -0.1) is 11.3 Å². The largest absolute Gasteiger partial charge is 0.494 e. The first-order valence-electron chi connectivity index (χ1n) is 17.4. The van der Waals surface area contributed by atoms with Gasteiger partial charge in [-0.25, -0.2) is 0 Å². The summed E-state index contributed by atoms with van der Waals surface area (Å²) < 4.78 is 19.2. The fraction of sp³-hybridized carbons (Fsp3) is 0.279. The van der Waals surface area contributed by atoms with E-state index in [2.05, 4.69) is 52.6 Å². The van der Waals surface area contributed by atoms with E-state index < -0.39 is 0 Å². The van der Waals surface area contributed by atoms with Crippen LogP contribution in [0.5, 0.6) is 11.5 Å². The van der Waals surface area contributed by atoms with E-state index in [0.717, 1.165) is 73.5 Å². The lowest BCUT2D eigenvalue weighted by Gasteiger charge is -2.36. The minimum absolute atomic E-state index is 0.0707. The summed E-state index contributed by atoms with van der Waals surface area (Å²) in [7, 11) is 1.59. The first-order chi connectivity index (χ1) is 25.0. The summed E-state index contributed by atoms with van der Waals surface area (Å²) in [6.45, 7) is 17.5. The van der Waals surface area contributed by atoms with E-state index in [1.165, 1.54) is 22.0 Å². The number of para-hydroxylation sites is 1. The van der Waals surface area contributed by atoms with Gasteiger partial charge in [0.25, 0.3) is 5.56 Å². The van der Waals surface area contributed by atoms with Crippen molar-refractivity contribution in [1.29, 1.82) is 0 Å². The van der Waals surface area contributed by atoms with Crippen LogP contribution in [0.4, 0.5) is 5.69 Å². The number of methoxy groups -OCH3 is 1. The van der Waals surface area contributed by atoms with Gasteiger partial charge in [-0.1, -0.05) is 61.7 Å². The van der Waals surface area contributed by atoms with E-state index in [1.807, 2.05) is 104 Å². The van der Waals surface area contributed by atoms with Gasteiger partial charge >= 0.3 is 0 Å². The van der Waals surface area contributed by atoms with Gasteiger partial charge < -0.3 is 19.1 Å². The minimum Gasteiger partial charge on any atom is -0.494 e. The zero-order chi connectivity index (χ0) is 36.3. The van der Waals surface area contributed by atoms with Crippen LogP contribution in [0.2, 0.25) is 0 Å². The van der Waals surface area contributed by atoms with Crippen molar-refractivity contribution < 1.29 is 14.2 Å². The summed E-state index contributed by atoms with van der Waals surface area (Å²) in [5.41, 5.74) is 3.19. The fourth-order valence-electron chi connectivity index (χ4n) is 5.79. The third-order valence-electron chi connectivity index (χ3n) is 8.27. The zero-order valence-corrected chi connectivity index (χ0v) is 31.0. The number of rotatable bonds is 13. The van der Waals surface area contributed by atoms with E-state index in [0.29, 0.717) is 6.61 Å². The number of nitrogens with zero attached hydrogens (tertiary/aromatic N) is 3. The molecular formula is C43H51N3O4S. The monoisotopic (exact) mass is 705 g/mol. The number of piperazine rings is 1. The molecule has 8 heteroatoms. The quantitative estimate of drug-likeness (QED) is 0.0691. The molecule has 2 aromatic heterocycles. The van der Waals surface area contributed by atoms with Gasteiger partial charge in [0.15, 0.2) is 0 Å². The van der Waals surface area contributed by atoms with Crippen molar-refractivity contribution in [3.8, 4) is 11.5 Å². The topological polar surface area (TPSA) is 56.2 Å². The first kappa shape index (κ1) is 38.9. The van der Waals surface area contributed by atoms with Gasteiger partial charge in [-0.2, -0.15) is 0 Å². The van der Waals surface area contributed by atoms with Gasteiger partial charge in [0.2, 0.25) is 0 Å². The number of fused-ring (bicyclic) bond motifs is 2. The second-order valence-corrected chi connectivity index (χ2v) is 12.9. The summed E-state index contributed by atoms with van der Waals surface area (Å²) in [6.07, 6.45) is 11.4. The molecule has 0 saturated carbocycles. The maximum atomic E-state index is 12.2. The molecule has 6 rings (SSSR count). The van der Waals surface area contributed by atoms with Gasteiger partial charge in [-0.05, 0) is 98.1 Å². The molecule has 3 aromatic carbocycles. The molecule has 1 aliphatic heterocycles. The third-order valence-corrected chi connectivity index (χ3v) is 9.15. The molecule has 0 atom stereocenters. The number of allylic oxidation sites excluding steroid dienone is 5. The number of aromatic nitrogens is 1. The Bertz CT molecular complexity index is 1910. The Morgan fingerprint density at radius 2 is 1.61 bits per heavy atom. The van der Waals surface area contributed by atoms with Crippen LogP contribution in [0.1, 0.15) is 26.7 Å². The minimum atomic E-state index is -0.0707. The molecular weight excluding hydrogens is 655 g/mol. The van der Waals surface area contributed by atoms with Crippen LogP contribution in [0.15, 0.2) is 144 Å². The highest BCUT2D eigenvalue weighted by Crippen LogP contribution is 2.31. The van der Waals surface area contributed by atoms with Gasteiger partial charge in [0.1, 0.15) is 18.2 Å². The number of pyridine rings is 1. The lowest BCUT2D eigenvalue weighted by atomic mass is 10.2. The average Bonchev–Trinajstić information content (AvgIpc) is 3.64. The van der Waals surface area contributed by atoms with Crippen molar-refractivity contribution in [1.82, 2.24) is 9.47 Å². The fourth-order valence-corrected chi connectivity index (χ4v) is 6.60. The van der Waals surface area contributed by atoms with Crippen molar-refractivity contribution in [2.24, 2.45) is 0 Å². The maximum absolute atomic E-state index is 12.2. The second-order valence-electron chi connectivity index (χ2n) is 11.9. The Morgan fingerprint density at radius 3 is 2.31 bits per heavy atom. The summed E-state index contributed by atoms with van der Waals surface area (Å²) >= 11 is 1.81. The van der Waals surface area contributed by atoms with Gasteiger partial charge in [0, 0.05) is 61.2 Å². The summed E-state index contributed by atoms with van der Waals surface area (Å²) in [5, 5.41) is 4.56. The molecule has 7 nitrogen and oxygen atoms in total. The SMILES string of the molecule is C=C(/C=C\C)/C=C\C.C=COc1ccccc1.COCn1c(=O)ccc2ccc(OCCCCN3CCN(c4cccc5sccc45)CC3)cc21. The lowest BCUT2D eigenvalue weighted by Crippen LogP contribution is -2.46. The average molecular weight is 706 g/mol. The van der Waals surface area contributed by atoms with Gasteiger partial charge in [0.05, 0.1) is 18.4 Å². The molecule has 0 unspecified atom stereocenters. The third kappa shape index (κ3) is 12.1. The molecule has 3 heterocycles. The van der Waals surface area contributed by atoms with Crippen LogP contribution < -0.4 is 19.9 Å². The van der Waals surface area contributed by atoms with E-state index >= 15 is 0 Å². The van der Waals surface area contributed by atoms with Crippen molar-refractivity contribution in [2.45, 2.75) is 33.4 Å². The van der Waals surface area contributed by atoms with Crippen molar-refractivity contribution in [2.75, 3.05) is 51.3 Å². The molecule has 5 aromatic rings. The van der Waals surface area contributed by atoms with E-state index in [1.54, 1.807) is 17.7 Å². The highest BCUT2D eigenvalue weighted by molar-refractivity contribution is 7.17. The first-order valence-corrected chi connectivity index (χ1v) is 18.3. The molecule has 1 aliphatic rings. The normalized spacial score (nSPS) is 13.1. The Kier molecular flexibility index (Phi) is 16.3. The van der Waals surface area contributed by atoms with E-state index in [-0.39, 0.29) is 12.3 Å². The number of thiophene rings is 1. The predicted molar refractivity (Wildman–Crippen MR) is 216 cm³/mol. The molecule has 1 fully saturated rings. The molecule has 0 spiro atoms. The standard InChI is InChI=1S/C27H31N3O3S.C8H8O.C8H12/c1-32-20-30-25-19-22(9-7-21(25)8-10-27(30)31)33-17-3-2-12-28-13-15-29(16-14-28)24-5-4-6-26-23(24)11-18-34-26;1-2-9-8-6-4-3-5-7-8;1-4-6-8(3)7-5-2/h4-11,18-19H,2-3,12-17,20H2,1H3;2-7H,1H2;4-7H,3H2,1-2H3/b;;6-4-,7-5-. The predicted octanol–water partition coefficient (Wildman–Crippen LogP) is 9.70. The van der Waals surface area contributed by atoms with Crippen LogP contribution in [-0.4, -0.2) is 55.9 Å². The number of benzene rings is 3. The number of anilines is 1. The lowest BCUT2D eigenvalue weighted by molar-refractivity contribution is 0.132. The van der Waals surface area contributed by atoms with Gasteiger partial charge in [-0.3, -0.25) is 14.3 Å². The molecule has 0 N–H and O–H groups in total. The van der Waals surface area contributed by atoms with Crippen LogP contribution in [0, 0.1) is 0 Å². The highest BCUT2D eigenvalue weighted by atomic mass is 32.1. The molecule has 0 radical (unpaired) electrons. The van der Waals surface area contributed by atoms with Crippen molar-refractivity contribution in [3.63, 3.8) is 0 Å². The Balaban J connectivity index is 0.000000282. The van der Waals surface area contributed by atoms with E-state index in [9.17, 15) is 4.79 Å². The number of hydrogen-bond acceptors (Lipinski definition) is 7. The molecule has 0 aliphatic carbocycles. The second kappa shape index (κ2) is 21.4. The number of hydrogen-bond donors (Lipinski definition) is 0. The zero-order valence-electron chi connectivity index (χ0n) is 30.2. The molecule has 1 saturated heterocycles. The summed E-state index contributed by atoms with van der Waals surface area (Å²) in [4.78, 5) is 17.2. The van der Waals surface area contributed by atoms with Crippen LogP contribution in [0.3, 0.4) is 0 Å². The van der Waals surface area contributed by atoms with E-state index in [4.69, 9.17) is 14.2 Å². The summed E-state index contributed by atoms with van der Waals surface area (Å²) in [6, 6.07) is 27.7. The Labute approximate surface area is 307 Å². The molecule has 0 amide bonds. The number of unbranched alkanes of at least 4 members (excludes halogenated alkanes) is 1. The van der Waals surface area contributed by atoms with Crippen LogP contribution in [0.25, 0.3) is 21.0 Å². The molecule has 268 valence electrons. The smallest absolute Gasteiger partial charge is 0.252 e. The Hall–Kier alpha value is -4.89. The van der Waals surface area contributed by atoms with Crippen molar-refractivity contribution >= 4 is 38.0 Å².